The summed E-state index contributed by atoms with van der Waals surface area (Å²) in [6.07, 6.45) is 0.318. The van der Waals surface area contributed by atoms with Crippen LogP contribution in [-0.4, -0.2) is 13.1 Å². The number of halogens is 1. The van der Waals surface area contributed by atoms with E-state index in [1.54, 1.807) is 11.3 Å². The molecule has 0 aliphatic heterocycles. The number of benzene rings is 1. The Morgan fingerprint density at radius 3 is 3.07 bits per heavy atom. The van der Waals surface area contributed by atoms with Crippen molar-refractivity contribution < 1.29 is 9.53 Å². The van der Waals surface area contributed by atoms with Gasteiger partial charge in [-0.15, -0.1) is 11.3 Å². The fourth-order valence-electron chi connectivity index (χ4n) is 1.42. The molecule has 1 aromatic heterocycles. The van der Waals surface area contributed by atoms with E-state index in [9.17, 15) is 4.79 Å². The van der Waals surface area contributed by atoms with Crippen LogP contribution in [0.15, 0.2) is 23.6 Å². The van der Waals surface area contributed by atoms with Gasteiger partial charge in [-0.25, -0.2) is 0 Å². The lowest BCUT2D eigenvalue weighted by molar-refractivity contribution is -0.139. The van der Waals surface area contributed by atoms with Crippen LogP contribution in [-0.2, 0) is 16.0 Å². The topological polar surface area (TPSA) is 26.3 Å². The highest BCUT2D eigenvalue weighted by Gasteiger charge is 2.08. The second-order valence-corrected chi connectivity index (χ2v) is 4.50. The highest BCUT2D eigenvalue weighted by molar-refractivity contribution is 7.17. The van der Waals surface area contributed by atoms with E-state index >= 15 is 0 Å². The molecule has 0 bridgehead atoms. The lowest BCUT2D eigenvalue weighted by atomic mass is 10.1. The summed E-state index contributed by atoms with van der Waals surface area (Å²) in [7, 11) is 1.40. The molecule has 0 aliphatic rings. The molecule has 0 amide bonds. The molecule has 1 heterocycles. The van der Waals surface area contributed by atoms with Gasteiger partial charge in [0.25, 0.3) is 0 Å². The molecule has 0 atom stereocenters. The van der Waals surface area contributed by atoms with Crippen molar-refractivity contribution in [3.63, 3.8) is 0 Å². The maximum Gasteiger partial charge on any atom is 0.310 e. The number of carbonyl (C=O) groups excluding carboxylic acids is 1. The van der Waals surface area contributed by atoms with Gasteiger partial charge >= 0.3 is 5.97 Å². The molecule has 0 aliphatic carbocycles. The minimum atomic E-state index is -0.218. The molecule has 1 aromatic carbocycles. The van der Waals surface area contributed by atoms with Crippen molar-refractivity contribution in [1.29, 1.82) is 0 Å². The summed E-state index contributed by atoms with van der Waals surface area (Å²) in [5.41, 5.74) is 0.999. The highest BCUT2D eigenvalue weighted by atomic mass is 35.5. The van der Waals surface area contributed by atoms with Crippen LogP contribution in [0.3, 0.4) is 0 Å². The zero-order valence-electron chi connectivity index (χ0n) is 8.12. The molecule has 2 aromatic rings. The number of rotatable bonds is 2. The van der Waals surface area contributed by atoms with Gasteiger partial charge in [0.2, 0.25) is 0 Å². The number of ether oxygens (including phenoxy) is 1. The Bertz CT molecular complexity index is 504. The minimum absolute atomic E-state index is 0.218. The normalized spacial score (nSPS) is 10.5. The summed E-state index contributed by atoms with van der Waals surface area (Å²) in [5, 5.41) is 3.77. The Morgan fingerprint density at radius 1 is 1.53 bits per heavy atom. The van der Waals surface area contributed by atoms with E-state index in [1.165, 1.54) is 7.11 Å². The Balaban J connectivity index is 2.41. The molecule has 0 unspecified atom stereocenters. The minimum Gasteiger partial charge on any atom is -0.469 e. The predicted molar refractivity (Wildman–Crippen MR) is 62.6 cm³/mol. The summed E-state index contributed by atoms with van der Waals surface area (Å²) in [5.74, 6) is -0.218. The number of fused-ring (bicyclic) bond motifs is 1. The zero-order valence-corrected chi connectivity index (χ0v) is 9.69. The van der Waals surface area contributed by atoms with Crippen LogP contribution in [0.4, 0.5) is 0 Å². The molecule has 2 rings (SSSR count). The SMILES string of the molecule is COC(=O)Cc1csc2cc(Cl)ccc12. The summed E-state index contributed by atoms with van der Waals surface area (Å²) >= 11 is 7.46. The van der Waals surface area contributed by atoms with E-state index in [4.69, 9.17) is 11.6 Å². The fraction of sp³-hybridized carbons (Fsp3) is 0.182. The molecule has 78 valence electrons. The van der Waals surface area contributed by atoms with Gasteiger partial charge in [-0.3, -0.25) is 4.79 Å². The largest absolute Gasteiger partial charge is 0.469 e. The second kappa shape index (κ2) is 4.21. The van der Waals surface area contributed by atoms with Crippen LogP contribution >= 0.6 is 22.9 Å². The number of esters is 1. The summed E-state index contributed by atoms with van der Waals surface area (Å²) in [6.45, 7) is 0. The molecule has 4 heteroatoms. The maximum absolute atomic E-state index is 11.1. The average Bonchev–Trinajstić information content (AvgIpc) is 2.60. The number of hydrogen-bond acceptors (Lipinski definition) is 3. The van der Waals surface area contributed by atoms with E-state index in [2.05, 4.69) is 4.74 Å². The first-order chi connectivity index (χ1) is 7.20. The third-order valence-electron chi connectivity index (χ3n) is 2.18. The highest BCUT2D eigenvalue weighted by Crippen LogP contribution is 2.28. The van der Waals surface area contributed by atoms with Crippen LogP contribution in [0.25, 0.3) is 10.1 Å². The van der Waals surface area contributed by atoms with Crippen molar-refractivity contribution in [2.75, 3.05) is 7.11 Å². The van der Waals surface area contributed by atoms with Crippen molar-refractivity contribution in [2.45, 2.75) is 6.42 Å². The quantitative estimate of drug-likeness (QED) is 0.753. The Labute approximate surface area is 96.4 Å². The van der Waals surface area contributed by atoms with Gasteiger partial charge in [0.05, 0.1) is 13.5 Å². The predicted octanol–water partition coefficient (Wildman–Crippen LogP) is 3.27. The Morgan fingerprint density at radius 2 is 2.33 bits per heavy atom. The van der Waals surface area contributed by atoms with Crippen molar-refractivity contribution in [3.8, 4) is 0 Å². The van der Waals surface area contributed by atoms with E-state index in [1.807, 2.05) is 23.6 Å². The lowest BCUT2D eigenvalue weighted by Crippen LogP contribution is -2.03. The number of methoxy groups -OCH3 is 1. The molecular weight excluding hydrogens is 232 g/mol. The van der Waals surface area contributed by atoms with E-state index < -0.39 is 0 Å². The van der Waals surface area contributed by atoms with Gasteiger partial charge in [0.1, 0.15) is 0 Å². The first kappa shape index (κ1) is 10.5. The van der Waals surface area contributed by atoms with Crippen LogP contribution in [0.2, 0.25) is 5.02 Å². The monoisotopic (exact) mass is 240 g/mol. The number of hydrogen-bond donors (Lipinski definition) is 0. The summed E-state index contributed by atoms with van der Waals surface area (Å²) < 4.78 is 5.73. The standard InChI is InChI=1S/C11H9ClO2S/c1-14-11(13)4-7-6-15-10-5-8(12)2-3-9(7)10/h2-3,5-6H,4H2,1H3. The van der Waals surface area contributed by atoms with Gasteiger partial charge in [-0.05, 0) is 28.5 Å². The maximum atomic E-state index is 11.1. The average molecular weight is 241 g/mol. The van der Waals surface area contributed by atoms with Crippen LogP contribution in [0.1, 0.15) is 5.56 Å². The molecule has 0 N–H and O–H groups in total. The third-order valence-corrected chi connectivity index (χ3v) is 3.41. The number of carbonyl (C=O) groups is 1. The van der Waals surface area contributed by atoms with E-state index in [0.717, 1.165) is 15.6 Å². The zero-order chi connectivity index (χ0) is 10.8. The molecule has 15 heavy (non-hydrogen) atoms. The van der Waals surface area contributed by atoms with Gasteiger partial charge in [0.15, 0.2) is 0 Å². The first-order valence-corrected chi connectivity index (χ1v) is 5.69. The van der Waals surface area contributed by atoms with Crippen molar-refractivity contribution >= 4 is 39.0 Å². The van der Waals surface area contributed by atoms with Gasteiger partial charge in [-0.2, -0.15) is 0 Å². The van der Waals surface area contributed by atoms with Gasteiger partial charge in [-0.1, -0.05) is 17.7 Å². The molecule has 0 spiro atoms. The molecule has 0 saturated carbocycles. The Hall–Kier alpha value is -1.06. The smallest absolute Gasteiger partial charge is 0.310 e. The van der Waals surface area contributed by atoms with Crippen molar-refractivity contribution in [3.05, 3.63) is 34.2 Å². The fourth-order valence-corrected chi connectivity index (χ4v) is 2.66. The van der Waals surface area contributed by atoms with Crippen molar-refractivity contribution in [1.82, 2.24) is 0 Å². The van der Waals surface area contributed by atoms with Crippen LogP contribution < -0.4 is 0 Å². The molecule has 0 fully saturated rings. The lowest BCUT2D eigenvalue weighted by Gasteiger charge is -1.98. The summed E-state index contributed by atoms with van der Waals surface area (Å²) in [4.78, 5) is 11.1. The molecule has 2 nitrogen and oxygen atoms in total. The van der Waals surface area contributed by atoms with E-state index in [-0.39, 0.29) is 5.97 Å². The summed E-state index contributed by atoms with van der Waals surface area (Å²) in [6, 6.07) is 5.67. The van der Waals surface area contributed by atoms with Crippen LogP contribution in [0.5, 0.6) is 0 Å². The molecular formula is C11H9ClO2S. The second-order valence-electron chi connectivity index (χ2n) is 3.15. The van der Waals surface area contributed by atoms with Gasteiger partial charge < -0.3 is 4.74 Å². The molecule has 0 saturated heterocycles. The first-order valence-electron chi connectivity index (χ1n) is 4.43. The van der Waals surface area contributed by atoms with Crippen LogP contribution in [0, 0.1) is 0 Å². The van der Waals surface area contributed by atoms with E-state index in [0.29, 0.717) is 11.4 Å². The van der Waals surface area contributed by atoms with Crippen molar-refractivity contribution in [2.24, 2.45) is 0 Å². The molecule has 0 radical (unpaired) electrons. The van der Waals surface area contributed by atoms with Gasteiger partial charge in [0, 0.05) is 9.72 Å². The number of thiophene rings is 1. The third kappa shape index (κ3) is 2.13. The Kier molecular flexibility index (Phi) is 2.93.